The molecule has 0 amide bonds. The Labute approximate surface area is 161 Å². The highest BCUT2D eigenvalue weighted by Gasteiger charge is 2.28. The van der Waals surface area contributed by atoms with Gasteiger partial charge in [0.2, 0.25) is 0 Å². The molecule has 5 heteroatoms. The predicted octanol–water partition coefficient (Wildman–Crippen LogP) is 3.54. The van der Waals surface area contributed by atoms with Crippen molar-refractivity contribution in [2.45, 2.75) is 25.4 Å². The summed E-state index contributed by atoms with van der Waals surface area (Å²) >= 11 is 1.81. The van der Waals surface area contributed by atoms with Crippen LogP contribution in [0.3, 0.4) is 0 Å². The summed E-state index contributed by atoms with van der Waals surface area (Å²) in [5.74, 6) is 0.931. The number of piperazine rings is 1. The number of anilines is 1. The highest BCUT2D eigenvalue weighted by atomic mass is 32.1. The summed E-state index contributed by atoms with van der Waals surface area (Å²) in [6.07, 6.45) is 2.68. The fourth-order valence-corrected chi connectivity index (χ4v) is 4.91. The molecule has 0 radical (unpaired) electrons. The molecule has 140 valence electrons. The van der Waals surface area contributed by atoms with Gasteiger partial charge in [-0.25, -0.2) is 0 Å². The molecule has 1 unspecified atom stereocenters. The van der Waals surface area contributed by atoms with Crippen molar-refractivity contribution >= 4 is 17.0 Å². The first-order valence-electron chi connectivity index (χ1n) is 9.68. The summed E-state index contributed by atoms with van der Waals surface area (Å²) in [5, 5.41) is 4.48. The Morgan fingerprint density at radius 1 is 1.04 bits per heavy atom. The smallest absolute Gasteiger partial charge is 0.119 e. The SMILES string of the molecule is COc1ccc(N2CCN(C3CCCN(Cc4ccsc4)C3)CC2)cc1. The topological polar surface area (TPSA) is 19.0 Å². The Balaban J connectivity index is 1.29. The second-order valence-electron chi connectivity index (χ2n) is 7.38. The Bertz CT molecular complexity index is 665. The standard InChI is InChI=1S/C21H29N3OS/c1-25-21-6-4-19(5-7-21)23-10-12-24(13-11-23)20-3-2-9-22(16-20)15-18-8-14-26-17-18/h4-8,14,17,20H,2-3,9-13,15-16H2,1H3. The summed E-state index contributed by atoms with van der Waals surface area (Å²) in [4.78, 5) is 7.87. The lowest BCUT2D eigenvalue weighted by molar-refractivity contribution is 0.0888. The number of likely N-dealkylation sites (tertiary alicyclic amines) is 1. The molecular formula is C21H29N3OS. The Morgan fingerprint density at radius 2 is 1.85 bits per heavy atom. The molecule has 2 aromatic rings. The van der Waals surface area contributed by atoms with Gasteiger partial charge in [-0.1, -0.05) is 0 Å². The molecule has 3 heterocycles. The van der Waals surface area contributed by atoms with Crippen molar-refractivity contribution < 1.29 is 4.74 Å². The molecule has 2 fully saturated rings. The molecule has 2 aliphatic heterocycles. The number of hydrogen-bond acceptors (Lipinski definition) is 5. The van der Waals surface area contributed by atoms with Crippen LogP contribution in [0.5, 0.6) is 5.75 Å². The maximum Gasteiger partial charge on any atom is 0.119 e. The molecule has 4 rings (SSSR count). The molecule has 1 aromatic heterocycles. The number of rotatable bonds is 5. The maximum atomic E-state index is 5.27. The van der Waals surface area contributed by atoms with E-state index in [1.54, 1.807) is 18.4 Å². The van der Waals surface area contributed by atoms with E-state index in [9.17, 15) is 0 Å². The van der Waals surface area contributed by atoms with Gasteiger partial charge in [-0.2, -0.15) is 11.3 Å². The third kappa shape index (κ3) is 4.22. The van der Waals surface area contributed by atoms with Crippen molar-refractivity contribution in [1.29, 1.82) is 0 Å². The number of piperidine rings is 1. The molecule has 0 aliphatic carbocycles. The van der Waals surface area contributed by atoms with Gasteiger partial charge in [0.15, 0.2) is 0 Å². The number of benzene rings is 1. The second kappa shape index (κ2) is 8.42. The van der Waals surface area contributed by atoms with E-state index in [1.807, 2.05) is 0 Å². The quantitative estimate of drug-likeness (QED) is 0.800. The average molecular weight is 372 g/mol. The molecule has 0 N–H and O–H groups in total. The van der Waals surface area contributed by atoms with Crippen LogP contribution in [0.25, 0.3) is 0 Å². The van der Waals surface area contributed by atoms with Gasteiger partial charge in [0, 0.05) is 51.0 Å². The summed E-state index contributed by atoms with van der Waals surface area (Å²) in [5.41, 5.74) is 2.79. The van der Waals surface area contributed by atoms with Crippen molar-refractivity contribution in [3.63, 3.8) is 0 Å². The molecule has 0 bridgehead atoms. The van der Waals surface area contributed by atoms with Crippen molar-refractivity contribution in [3.8, 4) is 5.75 Å². The summed E-state index contributed by atoms with van der Waals surface area (Å²) in [6, 6.07) is 11.5. The van der Waals surface area contributed by atoms with Gasteiger partial charge in [0.25, 0.3) is 0 Å². The van der Waals surface area contributed by atoms with Gasteiger partial charge in [0.1, 0.15) is 5.75 Å². The largest absolute Gasteiger partial charge is 0.497 e. The minimum atomic E-state index is 0.723. The van der Waals surface area contributed by atoms with Gasteiger partial charge in [0.05, 0.1) is 7.11 Å². The van der Waals surface area contributed by atoms with Gasteiger partial charge in [-0.15, -0.1) is 0 Å². The van der Waals surface area contributed by atoms with Crippen LogP contribution in [-0.2, 0) is 6.54 Å². The van der Waals surface area contributed by atoms with Crippen LogP contribution < -0.4 is 9.64 Å². The lowest BCUT2D eigenvalue weighted by atomic mass is 10.0. The van der Waals surface area contributed by atoms with Gasteiger partial charge in [-0.05, 0) is 66.0 Å². The molecule has 0 spiro atoms. The van der Waals surface area contributed by atoms with E-state index >= 15 is 0 Å². The molecular weight excluding hydrogens is 342 g/mol. The van der Waals surface area contributed by atoms with E-state index in [-0.39, 0.29) is 0 Å². The van der Waals surface area contributed by atoms with Crippen molar-refractivity contribution in [2.24, 2.45) is 0 Å². The first-order chi connectivity index (χ1) is 12.8. The molecule has 2 saturated heterocycles. The van der Waals surface area contributed by atoms with Crippen LogP contribution in [0.4, 0.5) is 5.69 Å². The van der Waals surface area contributed by atoms with E-state index in [0.717, 1.165) is 31.4 Å². The zero-order valence-corrected chi connectivity index (χ0v) is 16.5. The number of methoxy groups -OCH3 is 1. The van der Waals surface area contributed by atoms with Gasteiger partial charge >= 0.3 is 0 Å². The molecule has 2 aliphatic rings. The lowest BCUT2D eigenvalue weighted by Gasteiger charge is -2.44. The second-order valence-corrected chi connectivity index (χ2v) is 8.16. The first kappa shape index (κ1) is 17.8. The van der Waals surface area contributed by atoms with Crippen molar-refractivity contribution in [1.82, 2.24) is 9.80 Å². The first-order valence-corrected chi connectivity index (χ1v) is 10.6. The minimum Gasteiger partial charge on any atom is -0.497 e. The van der Waals surface area contributed by atoms with Gasteiger partial charge in [-0.3, -0.25) is 9.80 Å². The fraction of sp³-hybridized carbons (Fsp3) is 0.524. The normalized spacial score (nSPS) is 22.5. The van der Waals surface area contributed by atoms with Crippen LogP contribution in [0.2, 0.25) is 0 Å². The highest BCUT2D eigenvalue weighted by Crippen LogP contribution is 2.23. The zero-order valence-electron chi connectivity index (χ0n) is 15.6. The van der Waals surface area contributed by atoms with E-state index in [0.29, 0.717) is 0 Å². The highest BCUT2D eigenvalue weighted by molar-refractivity contribution is 7.07. The van der Waals surface area contributed by atoms with Crippen LogP contribution in [0.1, 0.15) is 18.4 Å². The van der Waals surface area contributed by atoms with E-state index in [2.05, 4.69) is 55.8 Å². The minimum absolute atomic E-state index is 0.723. The predicted molar refractivity (Wildman–Crippen MR) is 109 cm³/mol. The summed E-state index contributed by atoms with van der Waals surface area (Å²) in [7, 11) is 1.72. The van der Waals surface area contributed by atoms with Crippen LogP contribution >= 0.6 is 11.3 Å². The zero-order chi connectivity index (χ0) is 17.8. The average Bonchev–Trinajstić information content (AvgIpc) is 3.21. The van der Waals surface area contributed by atoms with E-state index in [4.69, 9.17) is 4.74 Å². The molecule has 1 aromatic carbocycles. The Hall–Kier alpha value is -1.56. The molecule has 4 nitrogen and oxygen atoms in total. The summed E-state index contributed by atoms with van der Waals surface area (Å²) < 4.78 is 5.27. The van der Waals surface area contributed by atoms with E-state index in [1.165, 1.54) is 50.3 Å². The van der Waals surface area contributed by atoms with Gasteiger partial charge < -0.3 is 9.64 Å². The molecule has 1 atom stereocenters. The third-order valence-corrected chi connectivity index (χ3v) is 6.47. The third-order valence-electron chi connectivity index (χ3n) is 5.74. The van der Waals surface area contributed by atoms with Crippen LogP contribution in [0, 0.1) is 0 Å². The molecule has 0 saturated carbocycles. The number of hydrogen-bond donors (Lipinski definition) is 0. The fourth-order valence-electron chi connectivity index (χ4n) is 4.25. The number of thiophene rings is 1. The van der Waals surface area contributed by atoms with Crippen LogP contribution in [-0.4, -0.2) is 62.2 Å². The van der Waals surface area contributed by atoms with Crippen molar-refractivity contribution in [3.05, 3.63) is 46.7 Å². The summed E-state index contributed by atoms with van der Waals surface area (Å²) in [6.45, 7) is 8.16. The maximum absolute atomic E-state index is 5.27. The molecule has 26 heavy (non-hydrogen) atoms. The number of ether oxygens (including phenoxy) is 1. The lowest BCUT2D eigenvalue weighted by Crippen LogP contribution is -2.55. The Morgan fingerprint density at radius 3 is 2.54 bits per heavy atom. The Kier molecular flexibility index (Phi) is 5.78. The van der Waals surface area contributed by atoms with Crippen molar-refractivity contribution in [2.75, 3.05) is 51.3 Å². The monoisotopic (exact) mass is 371 g/mol. The number of nitrogens with zero attached hydrogens (tertiary/aromatic N) is 3. The van der Waals surface area contributed by atoms with E-state index < -0.39 is 0 Å². The van der Waals surface area contributed by atoms with Crippen LogP contribution in [0.15, 0.2) is 41.1 Å².